The fraction of sp³-hybridized carbons (Fsp3) is 0.647. The van der Waals surface area contributed by atoms with Crippen molar-refractivity contribution in [3.05, 3.63) is 23.9 Å². The summed E-state index contributed by atoms with van der Waals surface area (Å²) in [5, 5.41) is 3.37. The molecule has 1 aliphatic rings. The van der Waals surface area contributed by atoms with Gasteiger partial charge >= 0.3 is 6.09 Å². The molecule has 1 saturated heterocycles. The molecule has 1 aliphatic heterocycles. The molecule has 0 aliphatic carbocycles. The molecule has 1 N–H and O–H groups in total. The largest absolute Gasteiger partial charge is 0.444 e. The third-order valence-corrected chi connectivity index (χ3v) is 3.66. The third-order valence-electron chi connectivity index (χ3n) is 3.66. The van der Waals surface area contributed by atoms with Gasteiger partial charge in [-0.25, -0.2) is 9.78 Å². The fourth-order valence-corrected chi connectivity index (χ4v) is 2.61. The van der Waals surface area contributed by atoms with E-state index in [9.17, 15) is 4.79 Å². The van der Waals surface area contributed by atoms with Crippen molar-refractivity contribution < 1.29 is 9.53 Å². The van der Waals surface area contributed by atoms with Gasteiger partial charge in [0.05, 0.1) is 0 Å². The zero-order chi connectivity index (χ0) is 16.2. The summed E-state index contributed by atoms with van der Waals surface area (Å²) in [5.74, 6) is 1.33. The molecule has 0 aromatic carbocycles. The molecule has 1 amide bonds. The first-order valence-corrected chi connectivity index (χ1v) is 7.98. The number of amides is 1. The van der Waals surface area contributed by atoms with Crippen LogP contribution in [0.15, 0.2) is 18.3 Å². The van der Waals surface area contributed by atoms with Gasteiger partial charge in [-0.3, -0.25) is 0 Å². The molecule has 2 heterocycles. The normalized spacial score (nSPS) is 18.9. The Morgan fingerprint density at radius 2 is 2.27 bits per heavy atom. The lowest BCUT2D eigenvalue weighted by Crippen LogP contribution is -2.44. The van der Waals surface area contributed by atoms with Gasteiger partial charge in [-0.05, 0) is 64.2 Å². The number of likely N-dealkylation sites (tertiary alicyclic amines) is 1. The average molecular weight is 305 g/mol. The number of carbonyl (C=O) groups excluding carboxylic acids is 1. The van der Waals surface area contributed by atoms with Gasteiger partial charge in [0, 0.05) is 25.8 Å². The van der Waals surface area contributed by atoms with E-state index < -0.39 is 5.60 Å². The summed E-state index contributed by atoms with van der Waals surface area (Å²) in [6.07, 6.45) is 3.75. The molecule has 5 heteroatoms. The SMILES string of the molecule is Cc1ccnc(NCC2CCCN(C(=O)OC(C)(C)C)C2)c1. The van der Waals surface area contributed by atoms with Crippen molar-refractivity contribution in [2.75, 3.05) is 25.0 Å². The van der Waals surface area contributed by atoms with Crippen molar-refractivity contribution in [3.63, 3.8) is 0 Å². The summed E-state index contributed by atoms with van der Waals surface area (Å²) in [7, 11) is 0. The molecule has 0 radical (unpaired) electrons. The van der Waals surface area contributed by atoms with Crippen LogP contribution in [0.1, 0.15) is 39.2 Å². The Bertz CT molecular complexity index is 511. The van der Waals surface area contributed by atoms with Crippen LogP contribution in [0.4, 0.5) is 10.6 Å². The Hall–Kier alpha value is -1.78. The van der Waals surface area contributed by atoms with E-state index in [4.69, 9.17) is 4.74 Å². The van der Waals surface area contributed by atoms with Crippen molar-refractivity contribution >= 4 is 11.9 Å². The molecule has 1 aromatic heterocycles. The highest BCUT2D eigenvalue weighted by Crippen LogP contribution is 2.20. The zero-order valence-corrected chi connectivity index (χ0v) is 14.1. The summed E-state index contributed by atoms with van der Waals surface area (Å²) < 4.78 is 5.46. The predicted octanol–water partition coefficient (Wildman–Crippen LogP) is 3.45. The average Bonchev–Trinajstić information content (AvgIpc) is 2.44. The van der Waals surface area contributed by atoms with Gasteiger partial charge in [0.1, 0.15) is 11.4 Å². The highest BCUT2D eigenvalue weighted by Gasteiger charge is 2.27. The lowest BCUT2D eigenvalue weighted by atomic mass is 9.98. The number of rotatable bonds is 3. The van der Waals surface area contributed by atoms with Crippen LogP contribution in [0.5, 0.6) is 0 Å². The van der Waals surface area contributed by atoms with Crippen LogP contribution in [0.2, 0.25) is 0 Å². The smallest absolute Gasteiger partial charge is 0.410 e. The van der Waals surface area contributed by atoms with Crippen LogP contribution in [-0.2, 0) is 4.74 Å². The monoisotopic (exact) mass is 305 g/mol. The van der Waals surface area contributed by atoms with Crippen LogP contribution in [0, 0.1) is 12.8 Å². The summed E-state index contributed by atoms with van der Waals surface area (Å²) in [6.45, 7) is 10.1. The lowest BCUT2D eigenvalue weighted by Gasteiger charge is -2.34. The molecule has 0 spiro atoms. The number of carbonyl (C=O) groups is 1. The fourth-order valence-electron chi connectivity index (χ4n) is 2.61. The Balaban J connectivity index is 1.84. The van der Waals surface area contributed by atoms with E-state index in [1.807, 2.05) is 44.0 Å². The Labute approximate surface area is 133 Å². The molecule has 122 valence electrons. The lowest BCUT2D eigenvalue weighted by molar-refractivity contribution is 0.0172. The second-order valence-electron chi connectivity index (χ2n) is 7.03. The Kier molecular flexibility index (Phi) is 5.27. The third kappa shape index (κ3) is 5.20. The zero-order valence-electron chi connectivity index (χ0n) is 14.1. The number of nitrogens with zero attached hydrogens (tertiary/aromatic N) is 2. The van der Waals surface area contributed by atoms with Crippen molar-refractivity contribution in [3.8, 4) is 0 Å². The molecule has 1 aromatic rings. The van der Waals surface area contributed by atoms with E-state index >= 15 is 0 Å². The van der Waals surface area contributed by atoms with Gasteiger partial charge in [0.15, 0.2) is 0 Å². The van der Waals surface area contributed by atoms with Crippen molar-refractivity contribution in [1.82, 2.24) is 9.88 Å². The number of hydrogen-bond donors (Lipinski definition) is 1. The molecular formula is C17H27N3O2. The minimum atomic E-state index is -0.437. The van der Waals surface area contributed by atoms with Gasteiger partial charge in [0.25, 0.3) is 0 Å². The first-order valence-electron chi connectivity index (χ1n) is 7.98. The van der Waals surface area contributed by atoms with Crippen molar-refractivity contribution in [2.45, 2.75) is 46.1 Å². The Morgan fingerprint density at radius 1 is 1.50 bits per heavy atom. The quantitative estimate of drug-likeness (QED) is 0.929. The number of piperidine rings is 1. The van der Waals surface area contributed by atoms with E-state index in [-0.39, 0.29) is 6.09 Å². The van der Waals surface area contributed by atoms with Gasteiger partial charge in [-0.2, -0.15) is 0 Å². The first kappa shape index (κ1) is 16.6. The maximum Gasteiger partial charge on any atom is 0.410 e. The molecule has 1 fully saturated rings. The standard InChI is InChI=1S/C17H27N3O2/c1-13-7-8-18-15(10-13)19-11-14-6-5-9-20(12-14)16(21)22-17(2,3)4/h7-8,10,14H,5-6,9,11-12H2,1-4H3,(H,18,19). The molecule has 1 atom stereocenters. The number of ether oxygens (including phenoxy) is 1. The molecule has 1 unspecified atom stereocenters. The molecule has 22 heavy (non-hydrogen) atoms. The maximum atomic E-state index is 12.1. The second-order valence-corrected chi connectivity index (χ2v) is 7.03. The number of pyridine rings is 1. The molecule has 0 bridgehead atoms. The summed E-state index contributed by atoms with van der Waals surface area (Å²) >= 11 is 0. The van der Waals surface area contributed by atoms with Crippen LogP contribution in [0.25, 0.3) is 0 Å². The summed E-state index contributed by atoms with van der Waals surface area (Å²) in [4.78, 5) is 18.3. The van der Waals surface area contributed by atoms with E-state index in [1.54, 1.807) is 0 Å². The molecular weight excluding hydrogens is 278 g/mol. The van der Waals surface area contributed by atoms with E-state index in [2.05, 4.69) is 17.2 Å². The van der Waals surface area contributed by atoms with Crippen LogP contribution >= 0.6 is 0 Å². The number of aryl methyl sites for hydroxylation is 1. The van der Waals surface area contributed by atoms with Crippen LogP contribution in [0.3, 0.4) is 0 Å². The van der Waals surface area contributed by atoms with Crippen molar-refractivity contribution in [2.24, 2.45) is 5.92 Å². The minimum absolute atomic E-state index is 0.203. The van der Waals surface area contributed by atoms with Crippen molar-refractivity contribution in [1.29, 1.82) is 0 Å². The second kappa shape index (κ2) is 6.99. The minimum Gasteiger partial charge on any atom is -0.444 e. The predicted molar refractivity (Wildman–Crippen MR) is 88.0 cm³/mol. The molecule has 0 saturated carbocycles. The highest BCUT2D eigenvalue weighted by molar-refractivity contribution is 5.68. The first-order chi connectivity index (χ1) is 10.3. The number of aromatic nitrogens is 1. The van der Waals surface area contributed by atoms with E-state index in [0.29, 0.717) is 5.92 Å². The summed E-state index contributed by atoms with van der Waals surface area (Å²) in [6, 6.07) is 4.02. The van der Waals surface area contributed by atoms with Gasteiger partial charge < -0.3 is 15.0 Å². The highest BCUT2D eigenvalue weighted by atomic mass is 16.6. The van der Waals surface area contributed by atoms with Gasteiger partial charge in [0.2, 0.25) is 0 Å². The van der Waals surface area contributed by atoms with Gasteiger partial charge in [-0.15, -0.1) is 0 Å². The topological polar surface area (TPSA) is 54.5 Å². The van der Waals surface area contributed by atoms with Gasteiger partial charge in [-0.1, -0.05) is 0 Å². The van der Waals surface area contributed by atoms with Crippen LogP contribution < -0.4 is 5.32 Å². The van der Waals surface area contributed by atoms with E-state index in [0.717, 1.165) is 38.3 Å². The Morgan fingerprint density at radius 3 is 2.95 bits per heavy atom. The summed E-state index contributed by atoms with van der Waals surface area (Å²) in [5.41, 5.74) is 0.754. The van der Waals surface area contributed by atoms with Crippen LogP contribution in [-0.4, -0.2) is 41.2 Å². The number of anilines is 1. The molecule has 5 nitrogen and oxygen atoms in total. The molecule has 2 rings (SSSR count). The number of nitrogens with one attached hydrogen (secondary N) is 1. The number of hydrogen-bond acceptors (Lipinski definition) is 4. The van der Waals surface area contributed by atoms with E-state index in [1.165, 1.54) is 5.56 Å². The maximum absolute atomic E-state index is 12.1.